The number of aromatic nitrogens is 4. The number of fused-ring (bicyclic) bond motifs is 1. The average Bonchev–Trinajstić information content (AvgIpc) is 2.92. The SMILES string of the molecule is Brc1cn2ccnc2c(OCCCc2ccncc2)n1. The molecule has 3 aromatic rings. The van der Waals surface area contributed by atoms with Gasteiger partial charge in [-0.3, -0.25) is 9.38 Å². The van der Waals surface area contributed by atoms with Crippen molar-refractivity contribution in [1.29, 1.82) is 0 Å². The molecule has 0 amide bonds. The topological polar surface area (TPSA) is 52.3 Å². The lowest BCUT2D eigenvalue weighted by Gasteiger charge is -2.07. The van der Waals surface area contributed by atoms with Gasteiger partial charge in [-0.05, 0) is 46.5 Å². The van der Waals surface area contributed by atoms with Crippen LogP contribution in [0.25, 0.3) is 5.65 Å². The second kappa shape index (κ2) is 6.00. The summed E-state index contributed by atoms with van der Waals surface area (Å²) in [7, 11) is 0. The van der Waals surface area contributed by atoms with Gasteiger partial charge in [-0.25, -0.2) is 9.97 Å². The number of rotatable bonds is 5. The predicted octanol–water partition coefficient (Wildman–Crippen LogP) is 2.90. The minimum absolute atomic E-state index is 0.555. The lowest BCUT2D eigenvalue weighted by atomic mass is 10.1. The van der Waals surface area contributed by atoms with Crippen molar-refractivity contribution >= 4 is 21.6 Å². The third-order valence-corrected chi connectivity index (χ3v) is 3.29. The first kappa shape index (κ1) is 13.1. The van der Waals surface area contributed by atoms with Crippen LogP contribution < -0.4 is 4.74 Å². The minimum Gasteiger partial charge on any atom is -0.475 e. The van der Waals surface area contributed by atoms with Crippen LogP contribution in [0.5, 0.6) is 5.88 Å². The summed E-state index contributed by atoms with van der Waals surface area (Å²) in [5, 5.41) is 0. The Bertz CT molecular complexity index is 699. The van der Waals surface area contributed by atoms with Gasteiger partial charge in [0.2, 0.25) is 5.65 Å². The van der Waals surface area contributed by atoms with E-state index in [4.69, 9.17) is 4.74 Å². The molecule has 102 valence electrons. The normalized spacial score (nSPS) is 10.8. The van der Waals surface area contributed by atoms with Gasteiger partial charge in [0.15, 0.2) is 0 Å². The zero-order valence-corrected chi connectivity index (χ0v) is 12.3. The molecule has 0 saturated carbocycles. The summed E-state index contributed by atoms with van der Waals surface area (Å²) >= 11 is 3.37. The highest BCUT2D eigenvalue weighted by molar-refractivity contribution is 9.10. The number of nitrogens with zero attached hydrogens (tertiary/aromatic N) is 4. The van der Waals surface area contributed by atoms with E-state index in [9.17, 15) is 0 Å². The van der Waals surface area contributed by atoms with Gasteiger partial charge in [0, 0.05) is 31.0 Å². The van der Waals surface area contributed by atoms with Crippen LogP contribution in [0.4, 0.5) is 0 Å². The first-order chi connectivity index (χ1) is 9.83. The van der Waals surface area contributed by atoms with Crippen LogP contribution in [-0.2, 0) is 6.42 Å². The van der Waals surface area contributed by atoms with Crippen LogP contribution in [0.1, 0.15) is 12.0 Å². The molecular formula is C14H13BrN4O. The molecule has 6 heteroatoms. The molecule has 0 aliphatic heterocycles. The monoisotopic (exact) mass is 332 g/mol. The van der Waals surface area contributed by atoms with E-state index in [1.165, 1.54) is 5.56 Å². The molecule has 0 saturated heterocycles. The molecule has 0 spiro atoms. The van der Waals surface area contributed by atoms with Crippen molar-refractivity contribution in [2.75, 3.05) is 6.61 Å². The van der Waals surface area contributed by atoms with Gasteiger partial charge in [-0.2, -0.15) is 0 Å². The van der Waals surface area contributed by atoms with Gasteiger partial charge in [0.05, 0.1) is 6.61 Å². The van der Waals surface area contributed by atoms with Crippen molar-refractivity contribution in [2.45, 2.75) is 12.8 Å². The number of hydrogen-bond acceptors (Lipinski definition) is 4. The second-order valence-electron chi connectivity index (χ2n) is 4.33. The number of halogens is 1. The third-order valence-electron chi connectivity index (χ3n) is 2.91. The predicted molar refractivity (Wildman–Crippen MR) is 78.7 cm³/mol. The standard InChI is InChI=1S/C14H13BrN4O/c15-12-10-19-8-7-17-13(19)14(18-12)20-9-1-2-11-3-5-16-6-4-11/h3-8,10H,1-2,9H2. The lowest BCUT2D eigenvalue weighted by molar-refractivity contribution is 0.300. The van der Waals surface area contributed by atoms with Crippen LogP contribution in [0.3, 0.4) is 0 Å². The molecule has 20 heavy (non-hydrogen) atoms. The molecule has 0 fully saturated rings. The van der Waals surface area contributed by atoms with Crippen molar-refractivity contribution in [1.82, 2.24) is 19.4 Å². The molecule has 0 N–H and O–H groups in total. The molecule has 0 aliphatic rings. The second-order valence-corrected chi connectivity index (χ2v) is 5.15. The maximum atomic E-state index is 5.74. The van der Waals surface area contributed by atoms with Crippen LogP contribution in [0.15, 0.2) is 47.7 Å². The Labute approximate surface area is 124 Å². The molecule has 0 aliphatic carbocycles. The summed E-state index contributed by atoms with van der Waals surface area (Å²) in [5.41, 5.74) is 1.99. The summed E-state index contributed by atoms with van der Waals surface area (Å²) < 4.78 is 8.35. The van der Waals surface area contributed by atoms with Gasteiger partial charge in [0.25, 0.3) is 5.88 Å². The summed E-state index contributed by atoms with van der Waals surface area (Å²) in [6, 6.07) is 4.04. The third kappa shape index (κ3) is 2.96. The Morgan fingerprint density at radius 2 is 2.05 bits per heavy atom. The summed E-state index contributed by atoms with van der Waals surface area (Å²) in [6.07, 6.45) is 10.9. The number of pyridine rings is 1. The zero-order chi connectivity index (χ0) is 13.8. The molecule has 0 radical (unpaired) electrons. The van der Waals surface area contributed by atoms with E-state index < -0.39 is 0 Å². The number of hydrogen-bond donors (Lipinski definition) is 0. The zero-order valence-electron chi connectivity index (χ0n) is 10.7. The molecule has 3 aromatic heterocycles. The number of aryl methyl sites for hydroxylation is 1. The van der Waals surface area contributed by atoms with E-state index in [0.717, 1.165) is 23.1 Å². The van der Waals surface area contributed by atoms with E-state index in [1.807, 2.05) is 28.9 Å². The molecule has 0 bridgehead atoms. The Balaban J connectivity index is 1.61. The first-order valence-electron chi connectivity index (χ1n) is 6.34. The smallest absolute Gasteiger partial charge is 0.259 e. The maximum absolute atomic E-state index is 5.74. The maximum Gasteiger partial charge on any atom is 0.259 e. The Hall–Kier alpha value is -1.95. The molecule has 5 nitrogen and oxygen atoms in total. The average molecular weight is 333 g/mol. The Morgan fingerprint density at radius 3 is 2.90 bits per heavy atom. The molecule has 3 heterocycles. The van der Waals surface area contributed by atoms with Crippen molar-refractivity contribution in [2.24, 2.45) is 0 Å². The molecule has 3 rings (SSSR count). The van der Waals surface area contributed by atoms with Crippen molar-refractivity contribution < 1.29 is 4.74 Å². The van der Waals surface area contributed by atoms with Crippen molar-refractivity contribution in [3.63, 3.8) is 0 Å². The van der Waals surface area contributed by atoms with E-state index in [2.05, 4.69) is 30.9 Å². The molecule has 0 aromatic carbocycles. The first-order valence-corrected chi connectivity index (χ1v) is 7.13. The fourth-order valence-corrected chi connectivity index (χ4v) is 2.35. The van der Waals surface area contributed by atoms with Crippen LogP contribution in [0, 0.1) is 0 Å². The van der Waals surface area contributed by atoms with Gasteiger partial charge in [-0.15, -0.1) is 0 Å². The number of imidazole rings is 1. The largest absolute Gasteiger partial charge is 0.475 e. The van der Waals surface area contributed by atoms with Gasteiger partial charge in [0.1, 0.15) is 4.60 Å². The van der Waals surface area contributed by atoms with E-state index >= 15 is 0 Å². The highest BCUT2D eigenvalue weighted by Crippen LogP contribution is 2.19. The molecule has 0 unspecified atom stereocenters. The van der Waals surface area contributed by atoms with Gasteiger partial charge < -0.3 is 4.74 Å². The summed E-state index contributed by atoms with van der Waals surface area (Å²) in [4.78, 5) is 12.6. The number of ether oxygens (including phenoxy) is 1. The van der Waals surface area contributed by atoms with Gasteiger partial charge in [-0.1, -0.05) is 0 Å². The highest BCUT2D eigenvalue weighted by Gasteiger charge is 2.07. The minimum atomic E-state index is 0.555. The van der Waals surface area contributed by atoms with Crippen molar-refractivity contribution in [3.05, 3.63) is 53.3 Å². The lowest BCUT2D eigenvalue weighted by Crippen LogP contribution is -2.03. The van der Waals surface area contributed by atoms with Crippen molar-refractivity contribution in [3.8, 4) is 5.88 Å². The Morgan fingerprint density at radius 1 is 1.20 bits per heavy atom. The fourth-order valence-electron chi connectivity index (χ4n) is 1.96. The van der Waals surface area contributed by atoms with E-state index in [1.54, 1.807) is 18.6 Å². The molecule has 0 atom stereocenters. The van der Waals surface area contributed by atoms with E-state index in [0.29, 0.717) is 12.5 Å². The van der Waals surface area contributed by atoms with Crippen LogP contribution in [0.2, 0.25) is 0 Å². The fraction of sp³-hybridized carbons (Fsp3) is 0.214. The van der Waals surface area contributed by atoms with Crippen LogP contribution in [-0.4, -0.2) is 26.0 Å². The quantitative estimate of drug-likeness (QED) is 0.674. The van der Waals surface area contributed by atoms with E-state index in [-0.39, 0.29) is 0 Å². The summed E-state index contributed by atoms with van der Waals surface area (Å²) in [6.45, 7) is 0.605. The Kier molecular flexibility index (Phi) is 3.92. The molecular weight excluding hydrogens is 320 g/mol. The summed E-state index contributed by atoms with van der Waals surface area (Å²) in [5.74, 6) is 0.555. The van der Waals surface area contributed by atoms with Crippen LogP contribution >= 0.6 is 15.9 Å². The highest BCUT2D eigenvalue weighted by atomic mass is 79.9. The van der Waals surface area contributed by atoms with Gasteiger partial charge >= 0.3 is 0 Å².